The number of hydrogen-bond donors (Lipinski definition) is 1. The van der Waals surface area contributed by atoms with E-state index in [0.29, 0.717) is 18.7 Å². The number of carbonyl (C=O) groups excluding carboxylic acids is 1. The fourth-order valence-corrected chi connectivity index (χ4v) is 1.83. The fraction of sp³-hybridized carbons (Fsp3) is 0.533. The molecule has 0 bridgehead atoms. The predicted molar refractivity (Wildman–Crippen MR) is 73.6 cm³/mol. The van der Waals surface area contributed by atoms with E-state index in [9.17, 15) is 13.6 Å². The molecule has 4 nitrogen and oxygen atoms in total. The van der Waals surface area contributed by atoms with Gasteiger partial charge in [-0.2, -0.15) is 8.78 Å². The van der Waals surface area contributed by atoms with Gasteiger partial charge in [-0.3, -0.25) is 4.79 Å². The summed E-state index contributed by atoms with van der Waals surface area (Å²) in [6.45, 7) is -0.984. The Balaban J connectivity index is 1.66. The van der Waals surface area contributed by atoms with Gasteiger partial charge in [0.2, 0.25) is 0 Å². The first-order valence-corrected chi connectivity index (χ1v) is 7.06. The molecule has 1 aliphatic rings. The van der Waals surface area contributed by atoms with Gasteiger partial charge < -0.3 is 14.8 Å². The Morgan fingerprint density at radius 1 is 1.38 bits per heavy atom. The van der Waals surface area contributed by atoms with Crippen molar-refractivity contribution < 1.29 is 23.0 Å². The topological polar surface area (TPSA) is 47.6 Å². The predicted octanol–water partition coefficient (Wildman–Crippen LogP) is 2.83. The lowest BCUT2D eigenvalue weighted by Crippen LogP contribution is -2.25. The van der Waals surface area contributed by atoms with Crippen LogP contribution < -0.4 is 10.1 Å². The lowest BCUT2D eigenvalue weighted by atomic mass is 10.2. The smallest absolute Gasteiger partial charge is 0.387 e. The van der Waals surface area contributed by atoms with E-state index in [2.05, 4.69) is 10.1 Å². The average Bonchev–Trinajstić information content (AvgIpc) is 3.26. The van der Waals surface area contributed by atoms with Gasteiger partial charge in [0.25, 0.3) is 5.91 Å². The quantitative estimate of drug-likeness (QED) is 0.713. The molecule has 1 aliphatic carbocycles. The van der Waals surface area contributed by atoms with E-state index in [0.717, 1.165) is 18.9 Å². The van der Waals surface area contributed by atoms with Gasteiger partial charge >= 0.3 is 6.61 Å². The van der Waals surface area contributed by atoms with Gasteiger partial charge in [-0.1, -0.05) is 6.07 Å². The number of rotatable bonds is 9. The molecule has 1 aromatic carbocycles. The van der Waals surface area contributed by atoms with Gasteiger partial charge in [0.15, 0.2) is 0 Å². The van der Waals surface area contributed by atoms with Gasteiger partial charge in [0, 0.05) is 25.3 Å². The number of nitrogens with one attached hydrogen (secondary N) is 1. The molecule has 1 N–H and O–H groups in total. The maximum absolute atomic E-state index is 12.1. The molecule has 0 heterocycles. The van der Waals surface area contributed by atoms with Crippen LogP contribution in [0.3, 0.4) is 0 Å². The lowest BCUT2D eigenvalue weighted by molar-refractivity contribution is -0.0498. The van der Waals surface area contributed by atoms with Crippen molar-refractivity contribution in [3.05, 3.63) is 29.8 Å². The Hall–Kier alpha value is -1.69. The Labute approximate surface area is 122 Å². The van der Waals surface area contributed by atoms with Crippen LogP contribution in [0.25, 0.3) is 0 Å². The van der Waals surface area contributed by atoms with Crippen LogP contribution in [0.2, 0.25) is 0 Å². The van der Waals surface area contributed by atoms with Crippen molar-refractivity contribution in [1.29, 1.82) is 0 Å². The third-order valence-corrected chi connectivity index (χ3v) is 3.12. The molecule has 0 aliphatic heterocycles. The van der Waals surface area contributed by atoms with Crippen molar-refractivity contribution in [3.63, 3.8) is 0 Å². The van der Waals surface area contributed by atoms with Crippen LogP contribution in [-0.2, 0) is 4.74 Å². The second-order valence-corrected chi connectivity index (χ2v) is 5.03. The Kier molecular flexibility index (Phi) is 5.92. The molecule has 0 aromatic heterocycles. The number of halogens is 2. The summed E-state index contributed by atoms with van der Waals surface area (Å²) in [7, 11) is 0. The number of alkyl halides is 2. The minimum atomic E-state index is -2.90. The molecule has 0 radical (unpaired) electrons. The van der Waals surface area contributed by atoms with Gasteiger partial charge in [0.1, 0.15) is 5.75 Å². The normalized spacial score (nSPS) is 14.2. The first-order valence-electron chi connectivity index (χ1n) is 7.06. The zero-order valence-electron chi connectivity index (χ0n) is 11.7. The van der Waals surface area contributed by atoms with Crippen molar-refractivity contribution in [2.45, 2.75) is 25.9 Å². The van der Waals surface area contributed by atoms with Crippen LogP contribution in [0.4, 0.5) is 8.78 Å². The number of benzene rings is 1. The number of carbonyl (C=O) groups is 1. The molecule has 2 rings (SSSR count). The van der Waals surface area contributed by atoms with E-state index in [1.54, 1.807) is 6.07 Å². The summed E-state index contributed by atoms with van der Waals surface area (Å²) in [6, 6.07) is 5.74. The van der Waals surface area contributed by atoms with Crippen molar-refractivity contribution in [1.82, 2.24) is 5.32 Å². The summed E-state index contributed by atoms with van der Waals surface area (Å²) < 4.78 is 33.9. The maximum Gasteiger partial charge on any atom is 0.387 e. The number of hydrogen-bond acceptors (Lipinski definition) is 3. The average molecular weight is 299 g/mol. The molecular weight excluding hydrogens is 280 g/mol. The van der Waals surface area contributed by atoms with Crippen LogP contribution in [0.5, 0.6) is 5.75 Å². The highest BCUT2D eigenvalue weighted by atomic mass is 19.3. The highest BCUT2D eigenvalue weighted by Crippen LogP contribution is 2.28. The summed E-state index contributed by atoms with van der Waals surface area (Å²) in [6.07, 6.45) is 3.24. The van der Waals surface area contributed by atoms with Gasteiger partial charge in [-0.25, -0.2) is 0 Å². The molecule has 1 aromatic rings. The number of amides is 1. The number of ether oxygens (including phenoxy) is 2. The van der Waals surface area contributed by atoms with Gasteiger partial charge in [-0.05, 0) is 43.4 Å². The molecule has 1 fully saturated rings. The largest absolute Gasteiger partial charge is 0.435 e. The van der Waals surface area contributed by atoms with E-state index >= 15 is 0 Å². The van der Waals surface area contributed by atoms with Crippen LogP contribution in [0.1, 0.15) is 29.6 Å². The minimum absolute atomic E-state index is 0.0228. The molecule has 21 heavy (non-hydrogen) atoms. The van der Waals surface area contributed by atoms with Crippen molar-refractivity contribution >= 4 is 5.91 Å². The molecule has 116 valence electrons. The highest BCUT2D eigenvalue weighted by molar-refractivity contribution is 5.94. The van der Waals surface area contributed by atoms with E-state index in [1.807, 2.05) is 0 Å². The van der Waals surface area contributed by atoms with Crippen molar-refractivity contribution in [2.75, 3.05) is 19.8 Å². The summed E-state index contributed by atoms with van der Waals surface area (Å²) in [5.41, 5.74) is 0.298. The van der Waals surface area contributed by atoms with Crippen LogP contribution in [-0.4, -0.2) is 32.3 Å². The molecule has 6 heteroatoms. The second-order valence-electron chi connectivity index (χ2n) is 5.03. The fourth-order valence-electron chi connectivity index (χ4n) is 1.83. The van der Waals surface area contributed by atoms with Crippen LogP contribution in [0.15, 0.2) is 24.3 Å². The molecule has 0 saturated heterocycles. The summed E-state index contributed by atoms with van der Waals surface area (Å²) >= 11 is 0. The molecular formula is C15H19F2NO3. The van der Waals surface area contributed by atoms with Crippen molar-refractivity contribution in [3.8, 4) is 5.75 Å². The molecule has 0 spiro atoms. The lowest BCUT2D eigenvalue weighted by Gasteiger charge is -2.08. The molecule has 1 amide bonds. The first kappa shape index (κ1) is 15.7. The van der Waals surface area contributed by atoms with Crippen LogP contribution in [0, 0.1) is 5.92 Å². The van der Waals surface area contributed by atoms with Gasteiger partial charge in [0.05, 0.1) is 0 Å². The first-order chi connectivity index (χ1) is 10.1. The van der Waals surface area contributed by atoms with E-state index in [1.165, 1.54) is 31.0 Å². The summed E-state index contributed by atoms with van der Waals surface area (Å²) in [5, 5.41) is 2.72. The zero-order chi connectivity index (χ0) is 15.1. The maximum atomic E-state index is 12.1. The Bertz CT molecular complexity index is 464. The molecule has 1 saturated carbocycles. The third kappa shape index (κ3) is 6.08. The summed E-state index contributed by atoms with van der Waals surface area (Å²) in [5.74, 6) is 0.402. The SMILES string of the molecule is O=C(NCCCOCC1CC1)c1cccc(OC(F)F)c1. The Morgan fingerprint density at radius 3 is 2.90 bits per heavy atom. The minimum Gasteiger partial charge on any atom is -0.435 e. The zero-order valence-corrected chi connectivity index (χ0v) is 11.7. The third-order valence-electron chi connectivity index (χ3n) is 3.12. The second kappa shape index (κ2) is 7.93. The highest BCUT2D eigenvalue weighted by Gasteiger charge is 2.20. The van der Waals surface area contributed by atoms with E-state index in [4.69, 9.17) is 4.74 Å². The summed E-state index contributed by atoms with van der Waals surface area (Å²) in [4.78, 5) is 11.8. The van der Waals surface area contributed by atoms with Crippen LogP contribution >= 0.6 is 0 Å². The Morgan fingerprint density at radius 2 is 2.19 bits per heavy atom. The van der Waals surface area contributed by atoms with E-state index in [-0.39, 0.29) is 11.7 Å². The standard InChI is InChI=1S/C15H19F2NO3/c16-15(17)21-13-4-1-3-12(9-13)14(19)18-7-2-8-20-10-11-5-6-11/h1,3-4,9,11,15H,2,5-8,10H2,(H,18,19). The van der Waals surface area contributed by atoms with Gasteiger partial charge in [-0.15, -0.1) is 0 Å². The van der Waals surface area contributed by atoms with Crippen molar-refractivity contribution in [2.24, 2.45) is 5.92 Å². The molecule has 0 unspecified atom stereocenters. The van der Waals surface area contributed by atoms with E-state index < -0.39 is 6.61 Å². The monoisotopic (exact) mass is 299 g/mol. The molecule has 0 atom stereocenters.